The number of nitrogens with one attached hydrogen (secondary N) is 4. The number of carbonyl (C=O) groups excluding carboxylic acids is 4. The third kappa shape index (κ3) is 16.4. The van der Waals surface area contributed by atoms with Gasteiger partial charge in [-0.3, -0.25) is 19.2 Å². The lowest BCUT2D eigenvalue weighted by Gasteiger charge is -2.25. The van der Waals surface area contributed by atoms with E-state index in [-0.39, 0.29) is 49.1 Å². The van der Waals surface area contributed by atoms with Crippen LogP contribution < -0.4 is 32.7 Å². The van der Waals surface area contributed by atoms with Crippen LogP contribution in [0.4, 0.5) is 5.69 Å². The van der Waals surface area contributed by atoms with E-state index in [1.54, 1.807) is 6.33 Å². The molecular weight excluding hydrogens is 849 g/mol. The molecule has 0 bridgehead atoms. The number of aryl methyl sites for hydroxylation is 1. The Morgan fingerprint density at radius 2 is 1.28 bits per heavy atom. The molecule has 1 heterocycles. The molecule has 4 atom stereocenters. The Morgan fingerprint density at radius 1 is 0.687 bits per heavy atom. The monoisotopic (exact) mass is 915 g/mol. The number of nitrogens with two attached hydrogens (primary N) is 2. The predicted molar refractivity (Wildman–Crippen MR) is 259 cm³/mol. The van der Waals surface area contributed by atoms with Crippen molar-refractivity contribution in [2.75, 3.05) is 12.3 Å². The number of hydrogen-bond donors (Lipinski definition) is 8. The van der Waals surface area contributed by atoms with Gasteiger partial charge in [0.05, 0.1) is 29.8 Å². The number of nitrogen functional groups attached to an aromatic ring is 1. The first-order valence-corrected chi connectivity index (χ1v) is 23.2. The zero-order chi connectivity index (χ0) is 48.1. The molecule has 0 aliphatic heterocycles. The molecule has 0 saturated carbocycles. The topological polar surface area (TPSA) is 244 Å². The van der Waals surface area contributed by atoms with Crippen molar-refractivity contribution in [1.82, 2.24) is 30.8 Å². The molecule has 5 rings (SSSR count). The Hall–Kier alpha value is -7.00. The summed E-state index contributed by atoms with van der Waals surface area (Å²) in [7, 11) is 0. The zero-order valence-corrected chi connectivity index (χ0v) is 38.5. The first-order valence-electron chi connectivity index (χ1n) is 23.2. The maximum absolute atomic E-state index is 14.3. The molecule has 10 N–H and O–H groups in total. The number of phenolic OH excluding ortho intramolecular Hbond substituents is 1. The number of rotatable bonds is 27. The van der Waals surface area contributed by atoms with Gasteiger partial charge >= 0.3 is 5.97 Å². The molecule has 4 amide bonds. The van der Waals surface area contributed by atoms with E-state index in [0.29, 0.717) is 42.6 Å². The lowest BCUT2D eigenvalue weighted by Crippen LogP contribution is -2.58. The summed E-state index contributed by atoms with van der Waals surface area (Å²) in [5.41, 5.74) is 17.2. The minimum absolute atomic E-state index is 0.0105. The molecule has 0 saturated heterocycles. The summed E-state index contributed by atoms with van der Waals surface area (Å²) in [6.45, 7) is 4.44. The van der Waals surface area contributed by atoms with Gasteiger partial charge in [0.2, 0.25) is 23.6 Å². The standard InChI is InChI=1S/C52H66N8O7/c1-3-4-5-6-13-21-47(62)55-28-15-14-20-43(57-49(63)42(54)32-40-33-60(34-56-40)48(38-16-9-7-10-17-38)39-18-11-8-12-19-39)50(64)58-44(30-36-24-22-35(2)23-25-36)51(65)59-45(52(66)67)31-37-26-27-46(61)41(53)29-37/h7-12,16-19,22-27,29,33-34,42-45,48,61H,3-6,13-15,20-21,28,30-32,53-54H2,1-2H3,(H,55,62)(H,57,63)(H,58,64)(H,59,65)(H,66,67)/t42-,43-,44+,45-/m0/s1. The number of phenols is 1. The minimum Gasteiger partial charge on any atom is -0.506 e. The summed E-state index contributed by atoms with van der Waals surface area (Å²) in [4.78, 5) is 71.8. The normalized spacial score (nSPS) is 13.0. The number of amides is 4. The molecule has 0 aliphatic carbocycles. The van der Waals surface area contributed by atoms with E-state index in [4.69, 9.17) is 11.5 Å². The van der Waals surface area contributed by atoms with Gasteiger partial charge in [0, 0.05) is 38.4 Å². The Labute approximate surface area is 393 Å². The Balaban J connectivity index is 1.31. The number of benzene rings is 4. The average molecular weight is 915 g/mol. The van der Waals surface area contributed by atoms with Crippen LogP contribution in [0.1, 0.15) is 104 Å². The molecule has 67 heavy (non-hydrogen) atoms. The first kappa shape index (κ1) is 51.0. The van der Waals surface area contributed by atoms with Crippen LogP contribution in [0.15, 0.2) is 116 Å². The number of carbonyl (C=O) groups is 5. The van der Waals surface area contributed by atoms with Crippen LogP contribution in [-0.2, 0) is 43.2 Å². The van der Waals surface area contributed by atoms with Crippen LogP contribution in [0.5, 0.6) is 5.75 Å². The third-order valence-corrected chi connectivity index (χ3v) is 11.7. The molecule has 1 aromatic heterocycles. The van der Waals surface area contributed by atoms with Crippen molar-refractivity contribution in [3.8, 4) is 5.75 Å². The number of aliphatic carboxylic acids is 1. The van der Waals surface area contributed by atoms with Crippen LogP contribution in [-0.4, -0.2) is 80.1 Å². The molecular formula is C52H66N8O7. The molecule has 356 valence electrons. The summed E-state index contributed by atoms with van der Waals surface area (Å²) in [6.07, 6.45) is 10.2. The van der Waals surface area contributed by atoms with Crippen LogP contribution in [0.25, 0.3) is 0 Å². The zero-order valence-electron chi connectivity index (χ0n) is 38.5. The highest BCUT2D eigenvalue weighted by molar-refractivity contribution is 5.94. The highest BCUT2D eigenvalue weighted by atomic mass is 16.4. The molecule has 0 unspecified atom stereocenters. The second kappa shape index (κ2) is 26.2. The van der Waals surface area contributed by atoms with Gasteiger partial charge in [-0.05, 0) is 67.0 Å². The van der Waals surface area contributed by atoms with E-state index >= 15 is 0 Å². The number of aromatic hydroxyl groups is 1. The molecule has 0 fully saturated rings. The van der Waals surface area contributed by atoms with Crippen molar-refractivity contribution < 1.29 is 34.2 Å². The van der Waals surface area contributed by atoms with Crippen molar-refractivity contribution >= 4 is 35.3 Å². The number of aromatic nitrogens is 2. The third-order valence-electron chi connectivity index (χ3n) is 11.7. The van der Waals surface area contributed by atoms with E-state index in [1.165, 1.54) is 18.2 Å². The van der Waals surface area contributed by atoms with Crippen molar-refractivity contribution in [2.24, 2.45) is 5.73 Å². The van der Waals surface area contributed by atoms with Gasteiger partial charge in [-0.15, -0.1) is 0 Å². The molecule has 15 heteroatoms. The first-order chi connectivity index (χ1) is 32.3. The van der Waals surface area contributed by atoms with Crippen LogP contribution in [0.3, 0.4) is 0 Å². The SMILES string of the molecule is CCCCCCCC(=O)NCCCC[C@H](NC(=O)[C@@H](N)Cc1cn(C(c2ccccc2)c2ccccc2)cn1)C(=O)N[C@H](Cc1ccc(C)cc1)C(=O)N[C@@H](Cc1ccc(O)c(N)c1)C(=O)O. The molecule has 0 aliphatic rings. The van der Waals surface area contributed by atoms with Crippen molar-refractivity contribution in [2.45, 2.75) is 121 Å². The summed E-state index contributed by atoms with van der Waals surface area (Å²) in [5.74, 6) is -3.54. The van der Waals surface area contributed by atoms with Crippen LogP contribution >= 0.6 is 0 Å². The highest BCUT2D eigenvalue weighted by Gasteiger charge is 2.31. The molecule has 5 aromatic rings. The summed E-state index contributed by atoms with van der Waals surface area (Å²) in [6, 6.07) is 26.5. The summed E-state index contributed by atoms with van der Waals surface area (Å²) >= 11 is 0. The van der Waals surface area contributed by atoms with Gasteiger partial charge in [-0.25, -0.2) is 9.78 Å². The average Bonchev–Trinajstić information content (AvgIpc) is 3.77. The van der Waals surface area contributed by atoms with Gasteiger partial charge in [0.25, 0.3) is 0 Å². The largest absolute Gasteiger partial charge is 0.506 e. The number of anilines is 1. The molecule has 0 spiro atoms. The van der Waals surface area contributed by atoms with E-state index in [9.17, 15) is 34.2 Å². The van der Waals surface area contributed by atoms with E-state index in [0.717, 1.165) is 48.8 Å². The number of unbranched alkanes of at least 4 members (excludes halogenated alkanes) is 5. The van der Waals surface area contributed by atoms with E-state index < -0.39 is 47.9 Å². The van der Waals surface area contributed by atoms with Gasteiger partial charge in [0.1, 0.15) is 23.9 Å². The quantitative estimate of drug-likeness (QED) is 0.0183. The Morgan fingerprint density at radius 3 is 1.93 bits per heavy atom. The lowest BCUT2D eigenvalue weighted by molar-refractivity contribution is -0.142. The van der Waals surface area contributed by atoms with Gasteiger partial charge in [-0.2, -0.15) is 0 Å². The summed E-state index contributed by atoms with van der Waals surface area (Å²) < 4.78 is 1.97. The fraction of sp³-hybridized carbons (Fsp3) is 0.385. The predicted octanol–water partition coefficient (Wildman–Crippen LogP) is 5.66. The fourth-order valence-corrected chi connectivity index (χ4v) is 7.86. The number of hydrogen-bond acceptors (Lipinski definition) is 9. The second-order valence-electron chi connectivity index (χ2n) is 17.2. The number of carboxylic acid groups (broad SMARTS) is 1. The van der Waals surface area contributed by atoms with Gasteiger partial charge in [-0.1, -0.05) is 129 Å². The van der Waals surface area contributed by atoms with E-state index in [2.05, 4.69) is 33.2 Å². The van der Waals surface area contributed by atoms with Crippen LogP contribution in [0, 0.1) is 6.92 Å². The maximum atomic E-state index is 14.3. The van der Waals surface area contributed by atoms with Crippen molar-refractivity contribution in [1.29, 1.82) is 0 Å². The number of nitrogens with zero attached hydrogens (tertiary/aromatic N) is 2. The lowest BCUT2D eigenvalue weighted by atomic mass is 9.98. The summed E-state index contributed by atoms with van der Waals surface area (Å²) in [5, 5.41) is 31.2. The Kier molecular flexibility index (Phi) is 20.0. The molecule has 4 aromatic carbocycles. The number of carboxylic acids is 1. The highest BCUT2D eigenvalue weighted by Crippen LogP contribution is 2.27. The molecule has 0 radical (unpaired) electrons. The number of imidazole rings is 1. The van der Waals surface area contributed by atoms with E-state index in [1.807, 2.05) is 103 Å². The maximum Gasteiger partial charge on any atom is 0.326 e. The minimum atomic E-state index is -1.41. The van der Waals surface area contributed by atoms with Crippen molar-refractivity contribution in [3.05, 3.63) is 149 Å². The van der Waals surface area contributed by atoms with Gasteiger partial charge in [0.15, 0.2) is 0 Å². The Bertz CT molecular complexity index is 2320. The van der Waals surface area contributed by atoms with Crippen molar-refractivity contribution in [3.63, 3.8) is 0 Å². The van der Waals surface area contributed by atoms with Gasteiger partial charge < -0.3 is 47.5 Å². The van der Waals surface area contributed by atoms with Crippen LogP contribution in [0.2, 0.25) is 0 Å². The molecule has 15 nitrogen and oxygen atoms in total. The fourth-order valence-electron chi connectivity index (χ4n) is 7.86. The smallest absolute Gasteiger partial charge is 0.326 e. The second-order valence-corrected chi connectivity index (χ2v) is 17.2.